The summed E-state index contributed by atoms with van der Waals surface area (Å²) < 4.78 is 37.9. The van der Waals surface area contributed by atoms with E-state index >= 15 is 0 Å². The average Bonchev–Trinajstić information content (AvgIpc) is 2.97. The summed E-state index contributed by atoms with van der Waals surface area (Å²) in [6.07, 6.45) is 0.343. The Morgan fingerprint density at radius 3 is 2.47 bits per heavy atom. The van der Waals surface area contributed by atoms with Gasteiger partial charge in [-0.25, -0.2) is 4.90 Å². The maximum Gasteiger partial charge on any atom is 0.460 e. The number of rotatable bonds is 3. The van der Waals surface area contributed by atoms with Crippen LogP contribution in [0.2, 0.25) is 0 Å². The van der Waals surface area contributed by atoms with E-state index in [0.717, 1.165) is 19.3 Å². The lowest BCUT2D eigenvalue weighted by atomic mass is 10.0. The highest BCUT2D eigenvalue weighted by molar-refractivity contribution is 4.86. The fraction of sp³-hybridized carbons (Fsp3) is 1.00. The Labute approximate surface area is 87.8 Å². The van der Waals surface area contributed by atoms with Gasteiger partial charge in [0, 0.05) is 25.2 Å². The van der Waals surface area contributed by atoms with E-state index in [1.54, 1.807) is 0 Å². The summed E-state index contributed by atoms with van der Waals surface area (Å²) in [5.41, 5.74) is 0. The van der Waals surface area contributed by atoms with Gasteiger partial charge in [0.05, 0.1) is 0 Å². The van der Waals surface area contributed by atoms with E-state index in [0.29, 0.717) is 30.3 Å². The number of nitrogens with one attached hydrogen (secondary N) is 1. The van der Waals surface area contributed by atoms with Gasteiger partial charge in [0.25, 0.3) is 0 Å². The van der Waals surface area contributed by atoms with Crippen LogP contribution in [-0.2, 0) is 0 Å². The molecule has 1 aliphatic heterocycles. The summed E-state index contributed by atoms with van der Waals surface area (Å²) >= 11 is 0. The van der Waals surface area contributed by atoms with Crippen molar-refractivity contribution in [3.8, 4) is 0 Å². The van der Waals surface area contributed by atoms with Crippen LogP contribution in [-0.4, -0.2) is 36.4 Å². The summed E-state index contributed by atoms with van der Waals surface area (Å²) in [7, 11) is 0. The predicted molar refractivity (Wildman–Crippen MR) is 51.4 cm³/mol. The summed E-state index contributed by atoms with van der Waals surface area (Å²) in [6.45, 7) is 0.657. The highest BCUT2D eigenvalue weighted by Gasteiger charge is 2.42. The minimum atomic E-state index is -4.16. The van der Waals surface area contributed by atoms with Gasteiger partial charge in [-0.1, -0.05) is 6.42 Å². The summed E-state index contributed by atoms with van der Waals surface area (Å²) in [6, 6.07) is 0.140. The first-order chi connectivity index (χ1) is 7.07. The summed E-state index contributed by atoms with van der Waals surface area (Å²) in [4.78, 5) is 0.700. The van der Waals surface area contributed by atoms with Gasteiger partial charge >= 0.3 is 6.30 Å². The third-order valence-electron chi connectivity index (χ3n) is 3.17. The number of piperidine rings is 1. The molecule has 0 bridgehead atoms. The Hall–Kier alpha value is -0.290. The Bertz CT molecular complexity index is 213. The molecule has 2 aliphatic rings. The molecule has 1 saturated carbocycles. The lowest BCUT2D eigenvalue weighted by Gasteiger charge is -2.36. The highest BCUT2D eigenvalue weighted by atomic mass is 19.4. The van der Waals surface area contributed by atoms with E-state index in [-0.39, 0.29) is 12.6 Å². The molecule has 2 fully saturated rings. The van der Waals surface area contributed by atoms with Crippen molar-refractivity contribution in [2.45, 2.75) is 50.5 Å². The van der Waals surface area contributed by atoms with Crippen LogP contribution < -0.4 is 5.32 Å². The zero-order valence-corrected chi connectivity index (χ0v) is 8.69. The van der Waals surface area contributed by atoms with Crippen molar-refractivity contribution in [1.29, 1.82) is 0 Å². The van der Waals surface area contributed by atoms with Gasteiger partial charge in [-0.05, 0) is 25.7 Å². The zero-order chi connectivity index (χ0) is 10.9. The summed E-state index contributed by atoms with van der Waals surface area (Å²) in [5, 5.41) is 3.19. The third kappa shape index (κ3) is 3.08. The van der Waals surface area contributed by atoms with Gasteiger partial charge in [-0.15, -0.1) is 0 Å². The van der Waals surface area contributed by atoms with Gasteiger partial charge in [-0.2, -0.15) is 13.2 Å². The molecule has 1 saturated heterocycles. The van der Waals surface area contributed by atoms with Crippen LogP contribution in [0.25, 0.3) is 0 Å². The number of hydrogen-bond donors (Lipinski definition) is 1. The van der Waals surface area contributed by atoms with Crippen LogP contribution in [0, 0.1) is 0 Å². The zero-order valence-electron chi connectivity index (χ0n) is 8.69. The van der Waals surface area contributed by atoms with Gasteiger partial charge in [0.1, 0.15) is 0 Å². The van der Waals surface area contributed by atoms with Crippen molar-refractivity contribution in [1.82, 2.24) is 10.2 Å². The fourth-order valence-corrected chi connectivity index (χ4v) is 2.14. The smallest absolute Gasteiger partial charge is 0.312 e. The Morgan fingerprint density at radius 1 is 1.13 bits per heavy atom. The van der Waals surface area contributed by atoms with Crippen molar-refractivity contribution in [3.05, 3.63) is 0 Å². The van der Waals surface area contributed by atoms with Gasteiger partial charge in [0.15, 0.2) is 0 Å². The molecular weight excluding hydrogens is 205 g/mol. The largest absolute Gasteiger partial charge is 0.460 e. The minimum Gasteiger partial charge on any atom is -0.312 e. The molecule has 5 heteroatoms. The quantitative estimate of drug-likeness (QED) is 0.736. The van der Waals surface area contributed by atoms with Crippen LogP contribution in [0.15, 0.2) is 0 Å². The van der Waals surface area contributed by atoms with E-state index in [2.05, 4.69) is 5.32 Å². The number of nitrogens with zero attached hydrogens (tertiary/aromatic N) is 1. The van der Waals surface area contributed by atoms with E-state index < -0.39 is 6.30 Å². The lowest BCUT2D eigenvalue weighted by molar-refractivity contribution is -0.263. The van der Waals surface area contributed by atoms with Crippen LogP contribution >= 0.6 is 0 Å². The first kappa shape index (κ1) is 11.2. The molecule has 0 amide bonds. The van der Waals surface area contributed by atoms with E-state index in [1.165, 1.54) is 0 Å². The molecule has 0 spiro atoms. The number of alkyl halides is 3. The lowest BCUT2D eigenvalue weighted by Crippen LogP contribution is -2.52. The third-order valence-corrected chi connectivity index (χ3v) is 3.17. The molecule has 0 radical (unpaired) electrons. The predicted octanol–water partition coefficient (Wildman–Crippen LogP) is 2.11. The monoisotopic (exact) mass is 222 g/mol. The van der Waals surface area contributed by atoms with Crippen LogP contribution in [0.3, 0.4) is 0 Å². The Kier molecular flexibility index (Phi) is 3.21. The maximum absolute atomic E-state index is 12.6. The SMILES string of the molecule is FC(F)(F)N1CCCC[C@@H]1CNC1CC1. The topological polar surface area (TPSA) is 15.3 Å². The highest BCUT2D eigenvalue weighted by Crippen LogP contribution is 2.30. The number of likely N-dealkylation sites (tertiary alicyclic amines) is 1. The Balaban J connectivity index is 1.86. The fourth-order valence-electron chi connectivity index (χ4n) is 2.14. The van der Waals surface area contributed by atoms with Crippen molar-refractivity contribution in [2.75, 3.05) is 13.1 Å². The molecule has 0 unspecified atom stereocenters. The van der Waals surface area contributed by atoms with Gasteiger partial charge < -0.3 is 5.32 Å². The van der Waals surface area contributed by atoms with Gasteiger partial charge in [-0.3, -0.25) is 0 Å². The maximum atomic E-state index is 12.6. The molecule has 1 atom stereocenters. The minimum absolute atomic E-state index is 0.167. The molecule has 15 heavy (non-hydrogen) atoms. The molecule has 0 aromatic carbocycles. The normalized spacial score (nSPS) is 29.4. The molecule has 2 rings (SSSR count). The molecule has 1 N–H and O–H groups in total. The van der Waals surface area contributed by atoms with E-state index in [4.69, 9.17) is 0 Å². The first-order valence-electron chi connectivity index (χ1n) is 5.64. The standard InChI is InChI=1S/C10H17F3N2/c11-10(12,13)15-6-2-1-3-9(15)7-14-8-4-5-8/h8-9,14H,1-7H2/t9-/m1/s1. The van der Waals surface area contributed by atoms with Crippen LogP contribution in [0.1, 0.15) is 32.1 Å². The van der Waals surface area contributed by atoms with Gasteiger partial charge in [0.2, 0.25) is 0 Å². The summed E-state index contributed by atoms with van der Waals surface area (Å²) in [5.74, 6) is 0. The van der Waals surface area contributed by atoms with Crippen LogP contribution in [0.5, 0.6) is 0 Å². The van der Waals surface area contributed by atoms with Crippen LogP contribution in [0.4, 0.5) is 13.2 Å². The van der Waals surface area contributed by atoms with E-state index in [1.807, 2.05) is 0 Å². The average molecular weight is 222 g/mol. The van der Waals surface area contributed by atoms with Crippen molar-refractivity contribution in [2.24, 2.45) is 0 Å². The molecule has 1 heterocycles. The van der Waals surface area contributed by atoms with Crippen molar-refractivity contribution < 1.29 is 13.2 Å². The molecule has 0 aromatic rings. The Morgan fingerprint density at radius 2 is 1.87 bits per heavy atom. The molecule has 0 aromatic heterocycles. The van der Waals surface area contributed by atoms with Crippen molar-refractivity contribution >= 4 is 0 Å². The second-order valence-electron chi connectivity index (χ2n) is 4.49. The number of halogens is 3. The van der Waals surface area contributed by atoms with Crippen molar-refractivity contribution in [3.63, 3.8) is 0 Å². The second-order valence-corrected chi connectivity index (χ2v) is 4.49. The molecule has 2 nitrogen and oxygen atoms in total. The first-order valence-corrected chi connectivity index (χ1v) is 5.64. The molecule has 1 aliphatic carbocycles. The molecule has 88 valence electrons. The molecular formula is C10H17F3N2. The second kappa shape index (κ2) is 4.29. The number of hydrogen-bond acceptors (Lipinski definition) is 2. The van der Waals surface area contributed by atoms with E-state index in [9.17, 15) is 13.2 Å².